The standard InChI is InChI=1S/C20H21FN6O/c1-26-12-14(11-25-26)15-9-16(18(22)10-17(15)21)20(23)13-2-3-24-19(8-13)27-4-6-28-7-5-27/h2-3,8-12,23H,4-7,22H2,1H3. The highest BCUT2D eigenvalue weighted by atomic mass is 19.1. The zero-order valence-electron chi connectivity index (χ0n) is 15.5. The molecule has 0 aliphatic carbocycles. The Balaban J connectivity index is 1.70. The van der Waals surface area contributed by atoms with E-state index in [9.17, 15) is 4.39 Å². The Morgan fingerprint density at radius 2 is 2.04 bits per heavy atom. The van der Waals surface area contributed by atoms with Gasteiger partial charge in [-0.1, -0.05) is 0 Å². The van der Waals surface area contributed by atoms with Gasteiger partial charge in [-0.25, -0.2) is 9.37 Å². The predicted octanol–water partition coefficient (Wildman–Crippen LogP) is 2.46. The fourth-order valence-electron chi connectivity index (χ4n) is 3.28. The van der Waals surface area contributed by atoms with Gasteiger partial charge in [0.2, 0.25) is 0 Å². The lowest BCUT2D eigenvalue weighted by Gasteiger charge is -2.28. The van der Waals surface area contributed by atoms with Crippen LogP contribution in [-0.2, 0) is 11.8 Å². The molecule has 4 rings (SSSR count). The van der Waals surface area contributed by atoms with Crippen molar-refractivity contribution in [3.05, 3.63) is 59.8 Å². The number of nitrogens with two attached hydrogens (primary N) is 1. The summed E-state index contributed by atoms with van der Waals surface area (Å²) in [7, 11) is 1.77. The van der Waals surface area contributed by atoms with E-state index in [1.807, 2.05) is 6.07 Å². The number of pyridine rings is 1. The van der Waals surface area contributed by atoms with Crippen molar-refractivity contribution in [1.82, 2.24) is 14.8 Å². The van der Waals surface area contributed by atoms with Crippen LogP contribution in [0.25, 0.3) is 11.1 Å². The Kier molecular flexibility index (Phi) is 4.79. The highest BCUT2D eigenvalue weighted by Gasteiger charge is 2.18. The van der Waals surface area contributed by atoms with Gasteiger partial charge in [-0.3, -0.25) is 10.1 Å². The molecule has 1 aromatic carbocycles. The quantitative estimate of drug-likeness (QED) is 0.536. The molecule has 0 saturated carbocycles. The monoisotopic (exact) mass is 380 g/mol. The topological polar surface area (TPSA) is 93.0 Å². The van der Waals surface area contributed by atoms with Crippen LogP contribution >= 0.6 is 0 Å². The number of benzene rings is 1. The van der Waals surface area contributed by atoms with Crippen LogP contribution in [0.4, 0.5) is 15.9 Å². The summed E-state index contributed by atoms with van der Waals surface area (Å²) >= 11 is 0. The van der Waals surface area contributed by atoms with Gasteiger partial charge in [0.15, 0.2) is 0 Å². The molecule has 0 bridgehead atoms. The average Bonchev–Trinajstić information content (AvgIpc) is 3.14. The highest BCUT2D eigenvalue weighted by Crippen LogP contribution is 2.29. The molecule has 8 heteroatoms. The maximum atomic E-state index is 14.5. The first-order chi connectivity index (χ1) is 13.5. The third-order valence-corrected chi connectivity index (χ3v) is 4.79. The van der Waals surface area contributed by atoms with Crippen molar-refractivity contribution in [3.8, 4) is 11.1 Å². The number of aryl methyl sites for hydroxylation is 1. The Hall–Kier alpha value is -3.26. The minimum atomic E-state index is -0.439. The van der Waals surface area contributed by atoms with Gasteiger partial charge in [-0.05, 0) is 24.3 Å². The van der Waals surface area contributed by atoms with Crippen molar-refractivity contribution in [2.45, 2.75) is 0 Å². The molecule has 1 aliphatic heterocycles. The molecular formula is C20H21FN6O. The molecule has 3 heterocycles. The van der Waals surface area contributed by atoms with Gasteiger partial charge in [0.1, 0.15) is 11.6 Å². The zero-order valence-corrected chi connectivity index (χ0v) is 15.5. The summed E-state index contributed by atoms with van der Waals surface area (Å²) < 4.78 is 21.5. The molecule has 2 aromatic heterocycles. The normalized spacial score (nSPS) is 14.3. The minimum absolute atomic E-state index is 0.222. The summed E-state index contributed by atoms with van der Waals surface area (Å²) in [6.07, 6.45) is 4.99. The molecule has 1 aliphatic rings. The van der Waals surface area contributed by atoms with Crippen molar-refractivity contribution in [2.24, 2.45) is 7.05 Å². The van der Waals surface area contributed by atoms with E-state index in [-0.39, 0.29) is 11.4 Å². The second-order valence-electron chi connectivity index (χ2n) is 6.70. The number of halogens is 1. The second-order valence-corrected chi connectivity index (χ2v) is 6.70. The van der Waals surface area contributed by atoms with Gasteiger partial charge in [0, 0.05) is 60.5 Å². The van der Waals surface area contributed by atoms with Crippen molar-refractivity contribution < 1.29 is 9.13 Å². The molecule has 7 nitrogen and oxygen atoms in total. The summed E-state index contributed by atoms with van der Waals surface area (Å²) in [5.74, 6) is 0.351. The lowest BCUT2D eigenvalue weighted by molar-refractivity contribution is 0.122. The van der Waals surface area contributed by atoms with E-state index in [1.54, 1.807) is 42.5 Å². The van der Waals surface area contributed by atoms with Gasteiger partial charge in [0.05, 0.1) is 25.1 Å². The van der Waals surface area contributed by atoms with E-state index in [4.69, 9.17) is 15.9 Å². The third kappa shape index (κ3) is 3.46. The Morgan fingerprint density at radius 3 is 2.75 bits per heavy atom. The van der Waals surface area contributed by atoms with E-state index in [1.165, 1.54) is 6.07 Å². The van der Waals surface area contributed by atoms with Gasteiger partial charge < -0.3 is 15.4 Å². The molecule has 28 heavy (non-hydrogen) atoms. The number of nitrogen functional groups attached to an aromatic ring is 1. The molecule has 144 valence electrons. The Labute approximate surface area is 162 Å². The Bertz CT molecular complexity index is 1030. The molecule has 0 spiro atoms. The number of aromatic nitrogens is 3. The fraction of sp³-hybridized carbons (Fsp3) is 0.250. The van der Waals surface area contributed by atoms with Crippen molar-refractivity contribution in [3.63, 3.8) is 0 Å². The maximum absolute atomic E-state index is 14.5. The minimum Gasteiger partial charge on any atom is -0.398 e. The van der Waals surface area contributed by atoms with Crippen LogP contribution in [0.3, 0.4) is 0 Å². The summed E-state index contributed by atoms with van der Waals surface area (Å²) in [5.41, 5.74) is 8.64. The van der Waals surface area contributed by atoms with Crippen LogP contribution in [0.5, 0.6) is 0 Å². The van der Waals surface area contributed by atoms with E-state index in [0.717, 1.165) is 18.9 Å². The van der Waals surface area contributed by atoms with Gasteiger partial charge >= 0.3 is 0 Å². The first kappa shape index (κ1) is 18.1. The van der Waals surface area contributed by atoms with Crippen LogP contribution in [0.2, 0.25) is 0 Å². The van der Waals surface area contributed by atoms with Crippen LogP contribution in [0, 0.1) is 11.2 Å². The number of ether oxygens (including phenoxy) is 1. The smallest absolute Gasteiger partial charge is 0.133 e. The number of hydrogen-bond donors (Lipinski definition) is 2. The van der Waals surface area contributed by atoms with Crippen molar-refractivity contribution in [1.29, 1.82) is 5.41 Å². The highest BCUT2D eigenvalue weighted by molar-refractivity contribution is 6.14. The molecule has 0 unspecified atom stereocenters. The largest absolute Gasteiger partial charge is 0.398 e. The molecule has 1 fully saturated rings. The first-order valence-corrected chi connectivity index (χ1v) is 8.99. The number of nitrogens with one attached hydrogen (secondary N) is 1. The van der Waals surface area contributed by atoms with Crippen LogP contribution < -0.4 is 10.6 Å². The van der Waals surface area contributed by atoms with Gasteiger partial charge in [0.25, 0.3) is 0 Å². The molecule has 3 N–H and O–H groups in total. The van der Waals surface area contributed by atoms with E-state index < -0.39 is 5.82 Å². The first-order valence-electron chi connectivity index (χ1n) is 8.99. The molecule has 1 saturated heterocycles. The zero-order chi connectivity index (χ0) is 19.7. The summed E-state index contributed by atoms with van der Waals surface area (Å²) in [5, 5.41) is 12.8. The number of morpholine rings is 1. The number of rotatable bonds is 4. The lowest BCUT2D eigenvalue weighted by Crippen LogP contribution is -2.36. The van der Waals surface area contributed by atoms with Gasteiger partial charge in [-0.2, -0.15) is 5.10 Å². The fourth-order valence-corrected chi connectivity index (χ4v) is 3.28. The van der Waals surface area contributed by atoms with E-state index >= 15 is 0 Å². The van der Waals surface area contributed by atoms with Crippen molar-refractivity contribution in [2.75, 3.05) is 36.9 Å². The summed E-state index contributed by atoms with van der Waals surface area (Å²) in [4.78, 5) is 6.54. The predicted molar refractivity (Wildman–Crippen MR) is 106 cm³/mol. The van der Waals surface area contributed by atoms with Crippen LogP contribution in [-0.4, -0.2) is 46.8 Å². The molecule has 0 radical (unpaired) electrons. The molecule has 0 atom stereocenters. The van der Waals surface area contributed by atoms with Crippen LogP contribution in [0.1, 0.15) is 11.1 Å². The summed E-state index contributed by atoms with van der Waals surface area (Å²) in [6.45, 7) is 2.83. The number of anilines is 2. The average molecular weight is 380 g/mol. The number of nitrogens with zero attached hydrogens (tertiary/aromatic N) is 4. The van der Waals surface area contributed by atoms with Crippen molar-refractivity contribution >= 4 is 17.2 Å². The summed E-state index contributed by atoms with van der Waals surface area (Å²) in [6, 6.07) is 6.49. The second kappa shape index (κ2) is 7.40. The maximum Gasteiger partial charge on any atom is 0.133 e. The third-order valence-electron chi connectivity index (χ3n) is 4.79. The van der Waals surface area contributed by atoms with E-state index in [0.29, 0.717) is 35.5 Å². The van der Waals surface area contributed by atoms with Crippen LogP contribution in [0.15, 0.2) is 42.9 Å². The molecular weight excluding hydrogens is 359 g/mol. The van der Waals surface area contributed by atoms with Gasteiger partial charge in [-0.15, -0.1) is 0 Å². The lowest BCUT2D eigenvalue weighted by atomic mass is 9.97. The number of hydrogen-bond acceptors (Lipinski definition) is 6. The molecule has 3 aromatic rings. The Morgan fingerprint density at radius 1 is 1.25 bits per heavy atom. The SMILES string of the molecule is Cn1cc(-c2cc(C(=N)c3ccnc(N4CCOCC4)c3)c(N)cc2F)cn1. The van der Waals surface area contributed by atoms with E-state index in [2.05, 4.69) is 15.0 Å². The molecule has 0 amide bonds.